The van der Waals surface area contributed by atoms with Crippen molar-refractivity contribution in [3.8, 4) is 6.07 Å². The molecule has 1 atom stereocenters. The Bertz CT molecular complexity index is 419. The van der Waals surface area contributed by atoms with Gasteiger partial charge in [0.15, 0.2) is 0 Å². The third-order valence-corrected chi connectivity index (χ3v) is 3.26. The van der Waals surface area contributed by atoms with Gasteiger partial charge in [-0.3, -0.25) is 4.98 Å². The van der Waals surface area contributed by atoms with Crippen molar-refractivity contribution < 1.29 is 0 Å². The molecule has 3 N–H and O–H groups in total. The van der Waals surface area contributed by atoms with Crippen molar-refractivity contribution in [3.63, 3.8) is 0 Å². The van der Waals surface area contributed by atoms with Crippen LogP contribution in [-0.2, 0) is 0 Å². The predicted molar refractivity (Wildman–Crippen MR) is 62.8 cm³/mol. The van der Waals surface area contributed by atoms with Crippen LogP contribution in [-0.4, -0.2) is 17.1 Å². The summed E-state index contributed by atoms with van der Waals surface area (Å²) in [6.45, 7) is 2.68. The molecule has 1 aromatic heterocycles. The second-order valence-electron chi connectivity index (χ2n) is 4.55. The Morgan fingerprint density at radius 1 is 1.69 bits per heavy atom. The summed E-state index contributed by atoms with van der Waals surface area (Å²) in [6.07, 6.45) is 5.74. The van der Waals surface area contributed by atoms with Gasteiger partial charge in [-0.2, -0.15) is 5.26 Å². The molecule has 84 valence electrons. The van der Waals surface area contributed by atoms with Crippen LogP contribution >= 0.6 is 0 Å². The normalized spacial score (nSPS) is 18.6. The van der Waals surface area contributed by atoms with Gasteiger partial charge in [-0.05, 0) is 31.7 Å². The molecule has 1 unspecified atom stereocenters. The summed E-state index contributed by atoms with van der Waals surface area (Å²) in [4.78, 5) is 4.04. The molecule has 1 heterocycles. The van der Waals surface area contributed by atoms with Crippen molar-refractivity contribution in [3.05, 3.63) is 24.0 Å². The summed E-state index contributed by atoms with van der Waals surface area (Å²) in [7, 11) is 0. The number of pyridine rings is 1. The lowest BCUT2D eigenvalue weighted by Gasteiger charge is -2.30. The van der Waals surface area contributed by atoms with Crippen LogP contribution in [0.3, 0.4) is 0 Å². The van der Waals surface area contributed by atoms with Gasteiger partial charge in [0.1, 0.15) is 6.07 Å². The van der Waals surface area contributed by atoms with E-state index in [1.807, 2.05) is 0 Å². The molecule has 4 heteroatoms. The Hall–Kier alpha value is -1.60. The Labute approximate surface area is 95.5 Å². The van der Waals surface area contributed by atoms with Gasteiger partial charge in [-0.25, -0.2) is 0 Å². The lowest BCUT2D eigenvalue weighted by atomic mass is 9.95. The highest BCUT2D eigenvalue weighted by Gasteiger charge is 2.40. The number of nitrogens with one attached hydrogen (secondary N) is 1. The SMILES string of the molecule is CC(CN)(Nc1cnccc1C#N)C1CC1. The standard InChI is InChI=1S/C12H16N4/c1-12(8-14,10-2-3-10)16-11-7-15-5-4-9(11)6-13/h4-5,7,10,16H,2-3,8,14H2,1H3. The summed E-state index contributed by atoms with van der Waals surface area (Å²) in [5.74, 6) is 0.615. The fourth-order valence-corrected chi connectivity index (χ4v) is 1.94. The predicted octanol–water partition coefficient (Wildman–Crippen LogP) is 1.49. The maximum absolute atomic E-state index is 8.99. The number of hydrogen-bond acceptors (Lipinski definition) is 4. The first-order valence-electron chi connectivity index (χ1n) is 5.52. The number of nitrogens with two attached hydrogens (primary N) is 1. The molecular formula is C12H16N4. The van der Waals surface area contributed by atoms with Crippen LogP contribution in [0.15, 0.2) is 18.5 Å². The molecule has 0 radical (unpaired) electrons. The molecule has 1 aliphatic carbocycles. The number of aromatic nitrogens is 1. The largest absolute Gasteiger partial charge is 0.376 e. The van der Waals surface area contributed by atoms with E-state index in [9.17, 15) is 0 Å². The third kappa shape index (κ3) is 2.00. The highest BCUT2D eigenvalue weighted by molar-refractivity contribution is 5.57. The van der Waals surface area contributed by atoms with Crippen molar-refractivity contribution in [2.75, 3.05) is 11.9 Å². The summed E-state index contributed by atoms with van der Waals surface area (Å²) >= 11 is 0. The van der Waals surface area contributed by atoms with Gasteiger partial charge in [0.2, 0.25) is 0 Å². The number of nitriles is 1. The molecule has 0 amide bonds. The van der Waals surface area contributed by atoms with Gasteiger partial charge in [-0.1, -0.05) is 0 Å². The van der Waals surface area contributed by atoms with Crippen molar-refractivity contribution in [1.82, 2.24) is 4.98 Å². The van der Waals surface area contributed by atoms with E-state index in [-0.39, 0.29) is 5.54 Å². The quantitative estimate of drug-likeness (QED) is 0.799. The average Bonchev–Trinajstić information content (AvgIpc) is 3.14. The van der Waals surface area contributed by atoms with Crippen LogP contribution in [0.5, 0.6) is 0 Å². The minimum absolute atomic E-state index is 0.116. The lowest BCUT2D eigenvalue weighted by Crippen LogP contribution is -2.44. The van der Waals surface area contributed by atoms with E-state index in [0.717, 1.165) is 5.69 Å². The van der Waals surface area contributed by atoms with Crippen LogP contribution in [0.2, 0.25) is 0 Å². The first-order chi connectivity index (χ1) is 7.69. The molecular weight excluding hydrogens is 200 g/mol. The van der Waals surface area contributed by atoms with Crippen molar-refractivity contribution in [2.45, 2.75) is 25.3 Å². The minimum atomic E-state index is -0.116. The third-order valence-electron chi connectivity index (χ3n) is 3.26. The zero-order valence-corrected chi connectivity index (χ0v) is 9.40. The maximum Gasteiger partial charge on any atom is 0.101 e. The van der Waals surface area contributed by atoms with E-state index in [4.69, 9.17) is 11.0 Å². The van der Waals surface area contributed by atoms with Gasteiger partial charge in [-0.15, -0.1) is 0 Å². The van der Waals surface area contributed by atoms with E-state index in [0.29, 0.717) is 18.0 Å². The number of anilines is 1. The lowest BCUT2D eigenvalue weighted by molar-refractivity contribution is 0.459. The molecule has 16 heavy (non-hydrogen) atoms. The molecule has 0 spiro atoms. The molecule has 1 aromatic rings. The molecule has 1 fully saturated rings. The summed E-state index contributed by atoms with van der Waals surface area (Å²) in [5.41, 5.74) is 7.11. The number of nitrogens with zero attached hydrogens (tertiary/aromatic N) is 2. The first kappa shape index (κ1) is 10.9. The Morgan fingerprint density at radius 2 is 2.44 bits per heavy atom. The molecule has 4 nitrogen and oxygen atoms in total. The maximum atomic E-state index is 8.99. The smallest absolute Gasteiger partial charge is 0.101 e. The zero-order chi connectivity index (χ0) is 11.6. The Balaban J connectivity index is 2.22. The molecule has 0 saturated heterocycles. The van der Waals surface area contributed by atoms with Gasteiger partial charge >= 0.3 is 0 Å². The second kappa shape index (κ2) is 4.11. The van der Waals surface area contributed by atoms with E-state index in [1.165, 1.54) is 12.8 Å². The van der Waals surface area contributed by atoms with E-state index >= 15 is 0 Å². The fraction of sp³-hybridized carbons (Fsp3) is 0.500. The fourth-order valence-electron chi connectivity index (χ4n) is 1.94. The average molecular weight is 216 g/mol. The molecule has 2 rings (SSSR count). The van der Waals surface area contributed by atoms with Crippen LogP contribution in [0, 0.1) is 17.2 Å². The molecule has 0 aromatic carbocycles. The topological polar surface area (TPSA) is 74.7 Å². The van der Waals surface area contributed by atoms with E-state index in [1.54, 1.807) is 18.5 Å². The Morgan fingerprint density at radius 3 is 3.00 bits per heavy atom. The Kier molecular flexibility index (Phi) is 2.80. The minimum Gasteiger partial charge on any atom is -0.376 e. The highest BCUT2D eigenvalue weighted by atomic mass is 15.0. The molecule has 0 bridgehead atoms. The number of rotatable bonds is 4. The van der Waals surface area contributed by atoms with Crippen LogP contribution < -0.4 is 11.1 Å². The van der Waals surface area contributed by atoms with Crippen molar-refractivity contribution >= 4 is 5.69 Å². The number of hydrogen-bond donors (Lipinski definition) is 2. The monoisotopic (exact) mass is 216 g/mol. The molecule has 0 aliphatic heterocycles. The summed E-state index contributed by atoms with van der Waals surface area (Å²) in [6, 6.07) is 3.87. The highest BCUT2D eigenvalue weighted by Crippen LogP contribution is 2.41. The van der Waals surface area contributed by atoms with Crippen LogP contribution in [0.1, 0.15) is 25.3 Å². The first-order valence-corrected chi connectivity index (χ1v) is 5.52. The second-order valence-corrected chi connectivity index (χ2v) is 4.55. The van der Waals surface area contributed by atoms with Gasteiger partial charge < -0.3 is 11.1 Å². The molecule has 1 aliphatic rings. The van der Waals surface area contributed by atoms with E-state index in [2.05, 4.69) is 23.3 Å². The summed E-state index contributed by atoms with van der Waals surface area (Å²) < 4.78 is 0. The van der Waals surface area contributed by atoms with Crippen LogP contribution in [0.25, 0.3) is 0 Å². The van der Waals surface area contributed by atoms with Crippen molar-refractivity contribution in [2.24, 2.45) is 11.7 Å². The zero-order valence-electron chi connectivity index (χ0n) is 9.40. The molecule has 1 saturated carbocycles. The summed E-state index contributed by atoms with van der Waals surface area (Å²) in [5, 5.41) is 12.4. The van der Waals surface area contributed by atoms with Crippen LogP contribution in [0.4, 0.5) is 5.69 Å². The van der Waals surface area contributed by atoms with Crippen molar-refractivity contribution in [1.29, 1.82) is 5.26 Å². The van der Waals surface area contributed by atoms with Gasteiger partial charge in [0.05, 0.1) is 17.4 Å². The van der Waals surface area contributed by atoms with Gasteiger partial charge in [0, 0.05) is 18.3 Å². The van der Waals surface area contributed by atoms with Gasteiger partial charge in [0.25, 0.3) is 0 Å². The van der Waals surface area contributed by atoms with E-state index < -0.39 is 0 Å².